The normalized spacial score (nSPS) is 12.3. The van der Waals surface area contributed by atoms with Crippen molar-refractivity contribution in [3.05, 3.63) is 87.4 Å². The van der Waals surface area contributed by atoms with Gasteiger partial charge >= 0.3 is 12.4 Å². The molecule has 0 bridgehead atoms. The average molecular weight is 564 g/mol. The Morgan fingerprint density at radius 2 is 1.39 bits per heavy atom. The Morgan fingerprint density at radius 3 is 1.92 bits per heavy atom. The van der Waals surface area contributed by atoms with Crippen LogP contribution in [0.2, 0.25) is 5.15 Å². The minimum Gasteiger partial charge on any atom is -0.369 e. The molecule has 0 atom stereocenters. The highest BCUT2D eigenvalue weighted by Gasteiger charge is 2.71. The molecule has 0 aliphatic rings. The van der Waals surface area contributed by atoms with Gasteiger partial charge in [0.15, 0.2) is 5.82 Å². The molecular weight excluding hydrogens is 547 g/mol. The van der Waals surface area contributed by atoms with Gasteiger partial charge in [0.2, 0.25) is 0 Å². The molecule has 0 spiro atoms. The van der Waals surface area contributed by atoms with E-state index in [1.165, 1.54) is 24.4 Å². The third kappa shape index (κ3) is 5.29. The molecule has 0 aliphatic heterocycles. The molecule has 0 aliphatic carbocycles. The number of halogens is 8. The molecule has 38 heavy (non-hydrogen) atoms. The number of nitrogens with zero attached hydrogens (tertiary/aromatic N) is 1. The number of hydrogen-bond acceptors (Lipinski definition) is 4. The molecule has 1 aromatic heterocycles. The van der Waals surface area contributed by atoms with E-state index in [1.54, 1.807) is 0 Å². The van der Waals surface area contributed by atoms with Crippen LogP contribution in [-0.4, -0.2) is 34.3 Å². The topological polar surface area (TPSA) is 91.3 Å². The van der Waals surface area contributed by atoms with Crippen molar-refractivity contribution >= 4 is 34.8 Å². The summed E-state index contributed by atoms with van der Waals surface area (Å²) in [4.78, 5) is 28.9. The van der Waals surface area contributed by atoms with E-state index >= 15 is 4.39 Å². The Balaban J connectivity index is 1.93. The van der Waals surface area contributed by atoms with Crippen LogP contribution in [-0.2, 0) is 5.60 Å². The van der Waals surface area contributed by atoms with Crippen molar-refractivity contribution in [3.8, 4) is 0 Å². The molecule has 202 valence electrons. The second kappa shape index (κ2) is 10.2. The highest BCUT2D eigenvalue weighted by Crippen LogP contribution is 2.50. The highest BCUT2D eigenvalue weighted by atomic mass is 35.5. The van der Waals surface area contributed by atoms with Crippen LogP contribution in [0, 0.1) is 19.7 Å². The molecule has 3 N–H and O–H groups in total. The highest BCUT2D eigenvalue weighted by molar-refractivity contribution is 6.33. The summed E-state index contributed by atoms with van der Waals surface area (Å²) in [6.07, 6.45) is -10.9. The van der Waals surface area contributed by atoms with Crippen molar-refractivity contribution in [1.29, 1.82) is 0 Å². The smallest absolute Gasteiger partial charge is 0.369 e. The van der Waals surface area contributed by atoms with Crippen LogP contribution in [0.15, 0.2) is 48.7 Å². The number of benzene rings is 2. The largest absolute Gasteiger partial charge is 0.430 e. The molecule has 0 radical (unpaired) electrons. The lowest BCUT2D eigenvalue weighted by Gasteiger charge is -2.33. The zero-order valence-electron chi connectivity index (χ0n) is 19.4. The Bertz CT molecular complexity index is 1370. The zero-order valence-corrected chi connectivity index (χ0v) is 20.1. The van der Waals surface area contributed by atoms with Crippen molar-refractivity contribution in [1.82, 2.24) is 4.98 Å². The van der Waals surface area contributed by atoms with Crippen LogP contribution in [0.25, 0.3) is 0 Å². The van der Waals surface area contributed by atoms with E-state index in [1.807, 2.05) is 0 Å². The maximum Gasteiger partial charge on any atom is 0.430 e. The first-order valence-corrected chi connectivity index (χ1v) is 10.9. The number of aliphatic hydroxyl groups is 1. The second-order valence-corrected chi connectivity index (χ2v) is 8.47. The van der Waals surface area contributed by atoms with E-state index < -0.39 is 52.4 Å². The van der Waals surface area contributed by atoms with Gasteiger partial charge in [-0.3, -0.25) is 9.59 Å². The van der Waals surface area contributed by atoms with Crippen LogP contribution in [0.3, 0.4) is 0 Å². The predicted molar refractivity (Wildman–Crippen MR) is 123 cm³/mol. The lowest BCUT2D eigenvalue weighted by Crippen LogP contribution is -2.54. The van der Waals surface area contributed by atoms with Crippen molar-refractivity contribution in [2.75, 3.05) is 10.6 Å². The van der Waals surface area contributed by atoms with E-state index in [0.29, 0.717) is 12.1 Å². The van der Waals surface area contributed by atoms with Crippen LogP contribution in [0.1, 0.15) is 37.4 Å². The van der Waals surface area contributed by atoms with Gasteiger partial charge in [0.05, 0.1) is 16.8 Å². The third-order valence-electron chi connectivity index (χ3n) is 5.50. The number of anilines is 2. The van der Waals surface area contributed by atoms with E-state index in [0.717, 1.165) is 26.0 Å². The van der Waals surface area contributed by atoms with Crippen molar-refractivity contribution < 1.29 is 45.4 Å². The average Bonchev–Trinajstić information content (AvgIpc) is 2.80. The van der Waals surface area contributed by atoms with Gasteiger partial charge in [-0.2, -0.15) is 26.3 Å². The standard InChI is InChI=1S/C24H17ClF7N3O3/c1-11-9-13(22(38,23(27,28)29)24(30,31)32)10-12(2)18(11)35-20(36)14-5-3-7-16(17(14)26)34-21(37)15-6-4-8-33-19(15)25/h3-10,38H,1-2H3,(H,34,37)(H,35,36). The number of amides is 2. The monoisotopic (exact) mass is 563 g/mol. The summed E-state index contributed by atoms with van der Waals surface area (Å²) < 4.78 is 94.7. The van der Waals surface area contributed by atoms with Gasteiger partial charge in [0.1, 0.15) is 5.15 Å². The van der Waals surface area contributed by atoms with Crippen LogP contribution in [0.5, 0.6) is 0 Å². The molecule has 3 rings (SSSR count). The molecule has 14 heteroatoms. The molecule has 0 fully saturated rings. The fourth-order valence-corrected chi connectivity index (χ4v) is 3.79. The first kappa shape index (κ1) is 28.9. The Hall–Kier alpha value is -3.71. The molecule has 3 aromatic rings. The number of aromatic nitrogens is 1. The molecule has 2 aromatic carbocycles. The zero-order chi connectivity index (χ0) is 28.6. The maximum atomic E-state index is 15.1. The summed E-state index contributed by atoms with van der Waals surface area (Å²) in [5.41, 5.74) is -8.48. The van der Waals surface area contributed by atoms with Gasteiger partial charge in [0.25, 0.3) is 17.4 Å². The SMILES string of the molecule is Cc1cc(C(O)(C(F)(F)F)C(F)(F)F)cc(C)c1NC(=O)c1cccc(NC(=O)c2cccnc2Cl)c1F. The number of nitrogens with one attached hydrogen (secondary N) is 2. The minimum absolute atomic E-state index is 0.0765. The lowest BCUT2D eigenvalue weighted by molar-refractivity contribution is -0.376. The third-order valence-corrected chi connectivity index (χ3v) is 5.81. The van der Waals surface area contributed by atoms with E-state index in [2.05, 4.69) is 15.6 Å². The van der Waals surface area contributed by atoms with Crippen molar-refractivity contribution in [2.24, 2.45) is 0 Å². The van der Waals surface area contributed by atoms with Gasteiger partial charge in [-0.05, 0) is 49.2 Å². The van der Waals surface area contributed by atoms with Gasteiger partial charge < -0.3 is 15.7 Å². The van der Waals surface area contributed by atoms with Gasteiger partial charge in [-0.1, -0.05) is 29.8 Å². The number of pyridine rings is 1. The summed E-state index contributed by atoms with van der Waals surface area (Å²) in [6.45, 7) is 2.20. The molecule has 1 heterocycles. The number of alkyl halides is 6. The molecule has 2 amide bonds. The van der Waals surface area contributed by atoms with Crippen LogP contribution in [0.4, 0.5) is 42.1 Å². The number of aryl methyl sites for hydroxylation is 2. The van der Waals surface area contributed by atoms with Gasteiger partial charge in [-0.15, -0.1) is 0 Å². The summed E-state index contributed by atoms with van der Waals surface area (Å²) in [5.74, 6) is -3.11. The van der Waals surface area contributed by atoms with Crippen LogP contribution < -0.4 is 10.6 Å². The van der Waals surface area contributed by atoms with E-state index in [9.17, 15) is 41.0 Å². The van der Waals surface area contributed by atoms with Crippen molar-refractivity contribution in [3.63, 3.8) is 0 Å². The number of rotatable bonds is 5. The van der Waals surface area contributed by atoms with Crippen molar-refractivity contribution in [2.45, 2.75) is 31.8 Å². The molecule has 0 saturated heterocycles. The van der Waals surface area contributed by atoms with Gasteiger partial charge in [0, 0.05) is 17.4 Å². The fraction of sp³-hybridized carbons (Fsp3) is 0.208. The summed E-state index contributed by atoms with van der Waals surface area (Å²) in [5, 5.41) is 14.0. The summed E-state index contributed by atoms with van der Waals surface area (Å²) >= 11 is 5.85. The Kier molecular flexibility index (Phi) is 7.76. The van der Waals surface area contributed by atoms with E-state index in [4.69, 9.17) is 11.6 Å². The quantitative estimate of drug-likeness (QED) is 0.251. The molecule has 0 saturated carbocycles. The Morgan fingerprint density at radius 1 is 0.868 bits per heavy atom. The number of carbonyl (C=O) groups excluding carboxylic acids is 2. The first-order chi connectivity index (χ1) is 17.5. The second-order valence-electron chi connectivity index (χ2n) is 8.11. The number of hydrogen-bond donors (Lipinski definition) is 3. The fourth-order valence-electron chi connectivity index (χ4n) is 3.59. The maximum absolute atomic E-state index is 15.1. The number of carbonyl (C=O) groups is 2. The first-order valence-electron chi connectivity index (χ1n) is 10.5. The predicted octanol–water partition coefficient (Wildman–Crippen LogP) is 6.31. The Labute approximate surface area is 215 Å². The summed E-state index contributed by atoms with van der Waals surface area (Å²) in [6, 6.07) is 7.02. The minimum atomic E-state index is -6.09. The van der Waals surface area contributed by atoms with E-state index in [-0.39, 0.29) is 27.5 Å². The lowest BCUT2D eigenvalue weighted by atomic mass is 9.89. The molecule has 0 unspecified atom stereocenters. The molecule has 6 nitrogen and oxygen atoms in total. The summed E-state index contributed by atoms with van der Waals surface area (Å²) in [7, 11) is 0. The molecular formula is C24H17ClF7N3O3. The van der Waals surface area contributed by atoms with Gasteiger partial charge in [-0.25, -0.2) is 9.37 Å². The van der Waals surface area contributed by atoms with Crippen LogP contribution >= 0.6 is 11.6 Å².